The molecule has 0 amide bonds. The molecule has 1 aliphatic rings. The Morgan fingerprint density at radius 2 is 2.08 bits per heavy atom. The Kier molecular flexibility index (Phi) is 3.90. The Bertz CT molecular complexity index is 269. The average molecular weight is 178 g/mol. The van der Waals surface area contributed by atoms with E-state index >= 15 is 0 Å². The first-order chi connectivity index (χ1) is 6.36. The van der Waals surface area contributed by atoms with Gasteiger partial charge in [0.1, 0.15) is 0 Å². The maximum atomic E-state index is 4.26. The fraction of sp³-hybridized carbons (Fsp3) is 0.545. The lowest BCUT2D eigenvalue weighted by molar-refractivity contribution is 0.640. The van der Waals surface area contributed by atoms with E-state index in [4.69, 9.17) is 0 Å². The van der Waals surface area contributed by atoms with Gasteiger partial charge in [0.25, 0.3) is 0 Å². The molecule has 2 heterocycles. The summed E-state index contributed by atoms with van der Waals surface area (Å²) in [6, 6.07) is 2.17. The van der Waals surface area contributed by atoms with E-state index in [0.29, 0.717) is 0 Å². The molecular formula is C11H18N2. The van der Waals surface area contributed by atoms with Crippen LogP contribution in [0.3, 0.4) is 0 Å². The van der Waals surface area contributed by atoms with E-state index in [0.717, 1.165) is 25.2 Å². The van der Waals surface area contributed by atoms with Crippen LogP contribution >= 0.6 is 0 Å². The lowest BCUT2D eigenvalue weighted by Gasteiger charge is -2.16. The standard InChI is InChI=1S/C9H12N2.C2H6/c1-7-4-9-5-10-3-2-8(9)6-11-7;1-2/h4,6,10H,2-3,5H2,1H3;1-2H3. The SMILES string of the molecule is CC.Cc1cc2c(cn1)CCNC2. The van der Waals surface area contributed by atoms with E-state index in [9.17, 15) is 0 Å². The predicted molar refractivity (Wildman–Crippen MR) is 55.7 cm³/mol. The maximum Gasteiger partial charge on any atom is 0.0376 e. The molecule has 72 valence electrons. The van der Waals surface area contributed by atoms with Crippen molar-refractivity contribution in [3.05, 3.63) is 29.1 Å². The topological polar surface area (TPSA) is 24.9 Å². The lowest BCUT2D eigenvalue weighted by Crippen LogP contribution is -2.23. The van der Waals surface area contributed by atoms with Crippen LogP contribution in [0.5, 0.6) is 0 Å². The van der Waals surface area contributed by atoms with Gasteiger partial charge in [-0.2, -0.15) is 0 Å². The van der Waals surface area contributed by atoms with Crippen molar-refractivity contribution in [2.45, 2.75) is 33.7 Å². The monoisotopic (exact) mass is 178 g/mol. The quantitative estimate of drug-likeness (QED) is 0.657. The number of aryl methyl sites for hydroxylation is 1. The number of nitrogens with zero attached hydrogens (tertiary/aromatic N) is 1. The molecule has 0 saturated carbocycles. The molecular weight excluding hydrogens is 160 g/mol. The number of fused-ring (bicyclic) bond motifs is 1. The molecule has 0 bridgehead atoms. The smallest absolute Gasteiger partial charge is 0.0376 e. The third kappa shape index (κ3) is 2.52. The molecule has 0 aromatic carbocycles. The second-order valence-corrected chi connectivity index (χ2v) is 3.02. The summed E-state index contributed by atoms with van der Waals surface area (Å²) in [5, 5.41) is 3.34. The molecule has 2 rings (SSSR count). The van der Waals surface area contributed by atoms with Crippen LogP contribution in [-0.4, -0.2) is 11.5 Å². The Morgan fingerprint density at radius 1 is 1.31 bits per heavy atom. The second-order valence-electron chi connectivity index (χ2n) is 3.02. The first-order valence-electron chi connectivity index (χ1n) is 5.01. The molecule has 1 aromatic rings. The third-order valence-corrected chi connectivity index (χ3v) is 2.11. The van der Waals surface area contributed by atoms with Gasteiger partial charge in [-0.15, -0.1) is 0 Å². The molecule has 2 nitrogen and oxygen atoms in total. The molecule has 1 aliphatic heterocycles. The van der Waals surface area contributed by atoms with Crippen LogP contribution in [-0.2, 0) is 13.0 Å². The van der Waals surface area contributed by atoms with Gasteiger partial charge in [0, 0.05) is 18.4 Å². The van der Waals surface area contributed by atoms with Gasteiger partial charge in [0.05, 0.1) is 0 Å². The minimum Gasteiger partial charge on any atom is -0.312 e. The molecule has 1 N–H and O–H groups in total. The highest BCUT2D eigenvalue weighted by Crippen LogP contribution is 2.12. The van der Waals surface area contributed by atoms with E-state index in [-0.39, 0.29) is 0 Å². The van der Waals surface area contributed by atoms with Crippen molar-refractivity contribution in [3.63, 3.8) is 0 Å². The van der Waals surface area contributed by atoms with Gasteiger partial charge >= 0.3 is 0 Å². The van der Waals surface area contributed by atoms with Crippen LogP contribution in [0, 0.1) is 6.92 Å². The van der Waals surface area contributed by atoms with Crippen LogP contribution < -0.4 is 5.32 Å². The number of pyridine rings is 1. The fourth-order valence-electron chi connectivity index (χ4n) is 1.48. The Balaban J connectivity index is 0.000000396. The lowest BCUT2D eigenvalue weighted by atomic mass is 10.0. The molecule has 0 fully saturated rings. The highest BCUT2D eigenvalue weighted by atomic mass is 14.9. The number of aromatic nitrogens is 1. The van der Waals surface area contributed by atoms with Crippen molar-refractivity contribution in [2.75, 3.05) is 6.54 Å². The van der Waals surface area contributed by atoms with Crippen LogP contribution in [0.15, 0.2) is 12.3 Å². The van der Waals surface area contributed by atoms with Gasteiger partial charge in [-0.05, 0) is 37.1 Å². The highest BCUT2D eigenvalue weighted by Gasteiger charge is 2.07. The molecule has 1 aromatic heterocycles. The number of nitrogens with one attached hydrogen (secondary N) is 1. The summed E-state index contributed by atoms with van der Waals surface area (Å²) in [4.78, 5) is 4.26. The summed E-state index contributed by atoms with van der Waals surface area (Å²) in [7, 11) is 0. The fourth-order valence-corrected chi connectivity index (χ4v) is 1.48. The molecule has 0 unspecified atom stereocenters. The summed E-state index contributed by atoms with van der Waals surface area (Å²) in [6.45, 7) is 8.14. The minimum atomic E-state index is 1.01. The Labute approximate surface area is 80.4 Å². The average Bonchev–Trinajstić information content (AvgIpc) is 2.21. The molecule has 2 heteroatoms. The van der Waals surface area contributed by atoms with E-state index in [2.05, 4.69) is 16.4 Å². The zero-order valence-electron chi connectivity index (χ0n) is 8.72. The molecule has 0 aliphatic carbocycles. The predicted octanol–water partition coefficient (Wildman–Crippen LogP) is 2.06. The van der Waals surface area contributed by atoms with Gasteiger partial charge in [-0.1, -0.05) is 13.8 Å². The normalized spacial score (nSPS) is 14.1. The Morgan fingerprint density at radius 3 is 2.85 bits per heavy atom. The van der Waals surface area contributed by atoms with Gasteiger partial charge in [-0.25, -0.2) is 0 Å². The van der Waals surface area contributed by atoms with Crippen molar-refractivity contribution in [1.82, 2.24) is 10.3 Å². The molecule has 0 spiro atoms. The number of hydrogen-bond donors (Lipinski definition) is 1. The van der Waals surface area contributed by atoms with Crippen molar-refractivity contribution in [1.29, 1.82) is 0 Å². The van der Waals surface area contributed by atoms with Gasteiger partial charge in [0.15, 0.2) is 0 Å². The van der Waals surface area contributed by atoms with Crippen molar-refractivity contribution >= 4 is 0 Å². The van der Waals surface area contributed by atoms with Gasteiger partial charge < -0.3 is 5.32 Å². The second kappa shape index (κ2) is 4.97. The van der Waals surface area contributed by atoms with E-state index in [1.54, 1.807) is 0 Å². The molecule has 0 radical (unpaired) electrons. The Hall–Kier alpha value is -0.890. The molecule has 13 heavy (non-hydrogen) atoms. The first-order valence-corrected chi connectivity index (χ1v) is 5.01. The minimum absolute atomic E-state index is 1.01. The van der Waals surface area contributed by atoms with Gasteiger partial charge in [0.2, 0.25) is 0 Å². The number of rotatable bonds is 0. The van der Waals surface area contributed by atoms with Gasteiger partial charge in [-0.3, -0.25) is 4.98 Å². The summed E-state index contributed by atoms with van der Waals surface area (Å²) in [5.41, 5.74) is 3.95. The summed E-state index contributed by atoms with van der Waals surface area (Å²) in [6.07, 6.45) is 3.13. The van der Waals surface area contributed by atoms with Crippen LogP contribution in [0.1, 0.15) is 30.7 Å². The summed E-state index contributed by atoms with van der Waals surface area (Å²) >= 11 is 0. The van der Waals surface area contributed by atoms with Crippen LogP contribution in [0.25, 0.3) is 0 Å². The van der Waals surface area contributed by atoms with Crippen LogP contribution in [0.2, 0.25) is 0 Å². The highest BCUT2D eigenvalue weighted by molar-refractivity contribution is 5.28. The largest absolute Gasteiger partial charge is 0.312 e. The van der Waals surface area contributed by atoms with Crippen LogP contribution in [0.4, 0.5) is 0 Å². The first kappa shape index (κ1) is 10.2. The zero-order chi connectivity index (χ0) is 9.68. The van der Waals surface area contributed by atoms with E-state index in [1.807, 2.05) is 27.0 Å². The van der Waals surface area contributed by atoms with Crippen molar-refractivity contribution < 1.29 is 0 Å². The van der Waals surface area contributed by atoms with E-state index in [1.165, 1.54) is 11.1 Å². The van der Waals surface area contributed by atoms with E-state index < -0.39 is 0 Å². The third-order valence-electron chi connectivity index (χ3n) is 2.11. The summed E-state index contributed by atoms with van der Waals surface area (Å²) < 4.78 is 0. The zero-order valence-corrected chi connectivity index (χ0v) is 8.72. The van der Waals surface area contributed by atoms with Crippen molar-refractivity contribution in [2.24, 2.45) is 0 Å². The number of hydrogen-bond acceptors (Lipinski definition) is 2. The maximum absolute atomic E-state index is 4.26. The summed E-state index contributed by atoms with van der Waals surface area (Å²) in [5.74, 6) is 0. The molecule has 0 saturated heterocycles. The van der Waals surface area contributed by atoms with Crippen molar-refractivity contribution in [3.8, 4) is 0 Å². The molecule has 0 atom stereocenters.